The van der Waals surface area contributed by atoms with Crippen LogP contribution in [0, 0.1) is 22.7 Å². The maximum Gasteiger partial charge on any atom is 0.237 e. The molecule has 1 atom stereocenters. The number of halogens is 1. The van der Waals surface area contributed by atoms with Crippen molar-refractivity contribution < 1.29 is 4.74 Å². The van der Waals surface area contributed by atoms with Crippen LogP contribution in [-0.4, -0.2) is 35.7 Å². The quantitative estimate of drug-likeness (QED) is 0.271. The Kier molecular flexibility index (Phi) is 9.04. The Morgan fingerprint density at radius 2 is 1.73 bits per heavy atom. The molecular formula is C29H25ClN6O. The van der Waals surface area contributed by atoms with Crippen LogP contribution in [0.2, 0.25) is 5.15 Å². The molecule has 3 heterocycles. The van der Waals surface area contributed by atoms with Gasteiger partial charge in [-0.2, -0.15) is 10.5 Å². The number of ether oxygens (including phenoxy) is 1. The first-order chi connectivity index (χ1) is 18.2. The van der Waals surface area contributed by atoms with E-state index in [1.807, 2.05) is 66.7 Å². The average Bonchev–Trinajstić information content (AvgIpc) is 2.96. The molecule has 1 aliphatic rings. The second-order valence-electron chi connectivity index (χ2n) is 8.25. The average molecular weight is 509 g/mol. The summed E-state index contributed by atoms with van der Waals surface area (Å²) in [4.78, 5) is 8.39. The summed E-state index contributed by atoms with van der Waals surface area (Å²) >= 11 is 6.04. The van der Waals surface area contributed by atoms with Crippen molar-refractivity contribution in [2.24, 2.45) is 0 Å². The molecule has 184 valence electrons. The van der Waals surface area contributed by atoms with Crippen LogP contribution in [0.3, 0.4) is 0 Å². The summed E-state index contributed by atoms with van der Waals surface area (Å²) in [6.45, 7) is 2.14. The Labute approximate surface area is 221 Å². The number of hydrogen-bond acceptors (Lipinski definition) is 7. The predicted molar refractivity (Wildman–Crippen MR) is 144 cm³/mol. The first kappa shape index (κ1) is 25.7. The van der Waals surface area contributed by atoms with Crippen LogP contribution in [0.1, 0.15) is 16.7 Å². The van der Waals surface area contributed by atoms with Gasteiger partial charge in [0.2, 0.25) is 5.88 Å². The van der Waals surface area contributed by atoms with Crippen molar-refractivity contribution in [2.45, 2.75) is 12.5 Å². The highest BCUT2D eigenvalue weighted by atomic mass is 35.5. The lowest BCUT2D eigenvalue weighted by Gasteiger charge is -2.27. The van der Waals surface area contributed by atoms with Gasteiger partial charge in [-0.25, -0.2) is 9.97 Å². The second kappa shape index (κ2) is 13.0. The summed E-state index contributed by atoms with van der Waals surface area (Å²) in [7, 11) is 0. The van der Waals surface area contributed by atoms with Gasteiger partial charge < -0.3 is 15.4 Å². The highest BCUT2D eigenvalue weighted by Gasteiger charge is 2.21. The molecule has 1 aliphatic heterocycles. The van der Waals surface area contributed by atoms with E-state index < -0.39 is 0 Å². The van der Waals surface area contributed by atoms with Gasteiger partial charge in [-0.15, -0.1) is 0 Å². The molecule has 0 spiro atoms. The van der Waals surface area contributed by atoms with Crippen molar-refractivity contribution in [3.63, 3.8) is 0 Å². The van der Waals surface area contributed by atoms with Crippen LogP contribution < -0.4 is 15.4 Å². The van der Waals surface area contributed by atoms with Crippen LogP contribution in [0.5, 0.6) is 5.88 Å². The van der Waals surface area contributed by atoms with E-state index in [0.717, 1.165) is 24.2 Å². The lowest BCUT2D eigenvalue weighted by atomic mass is 10.0. The van der Waals surface area contributed by atoms with Gasteiger partial charge >= 0.3 is 0 Å². The largest absolute Gasteiger partial charge is 0.470 e. The van der Waals surface area contributed by atoms with Crippen LogP contribution in [0.15, 0.2) is 85.2 Å². The maximum atomic E-state index is 9.38. The Morgan fingerprint density at radius 3 is 2.41 bits per heavy atom. The molecule has 0 saturated carbocycles. The number of nitrogens with zero attached hydrogens (tertiary/aromatic N) is 4. The third kappa shape index (κ3) is 7.05. The highest BCUT2D eigenvalue weighted by molar-refractivity contribution is 6.31. The summed E-state index contributed by atoms with van der Waals surface area (Å²) in [6, 6.07) is 27.5. The molecule has 37 heavy (non-hydrogen) atoms. The van der Waals surface area contributed by atoms with Crippen molar-refractivity contribution in [2.75, 3.05) is 25.0 Å². The van der Waals surface area contributed by atoms with E-state index in [9.17, 15) is 5.26 Å². The minimum atomic E-state index is -0.0446. The molecule has 2 N–H and O–H groups in total. The predicted octanol–water partition coefficient (Wildman–Crippen LogP) is 5.23. The summed E-state index contributed by atoms with van der Waals surface area (Å²) in [5.41, 5.74) is 4.42. The number of anilines is 1. The molecular weight excluding hydrogens is 484 g/mol. The fourth-order valence-corrected chi connectivity index (χ4v) is 3.97. The van der Waals surface area contributed by atoms with Gasteiger partial charge in [0.1, 0.15) is 17.3 Å². The molecule has 7 nitrogen and oxygen atoms in total. The molecule has 2 aromatic carbocycles. The number of fused-ring (bicyclic) bond motifs is 1. The van der Waals surface area contributed by atoms with E-state index in [1.54, 1.807) is 18.5 Å². The fraction of sp³-hybridized carbons (Fsp3) is 0.172. The number of aromatic nitrogens is 2. The first-order valence-electron chi connectivity index (χ1n) is 11.8. The van der Waals surface area contributed by atoms with E-state index >= 15 is 0 Å². The molecule has 0 radical (unpaired) electrons. The lowest BCUT2D eigenvalue weighted by molar-refractivity contribution is 0.194. The van der Waals surface area contributed by atoms with E-state index in [-0.39, 0.29) is 11.3 Å². The van der Waals surface area contributed by atoms with Gasteiger partial charge in [-0.1, -0.05) is 60.1 Å². The van der Waals surface area contributed by atoms with Crippen molar-refractivity contribution in [1.82, 2.24) is 15.3 Å². The molecule has 0 bridgehead atoms. The van der Waals surface area contributed by atoms with Crippen LogP contribution in [0.4, 0.5) is 5.69 Å². The third-order valence-corrected chi connectivity index (χ3v) is 5.98. The monoisotopic (exact) mass is 508 g/mol. The number of pyridine rings is 2. The number of hydrogen-bond donors (Lipinski definition) is 2. The van der Waals surface area contributed by atoms with Crippen molar-refractivity contribution in [1.29, 1.82) is 10.5 Å². The summed E-state index contributed by atoms with van der Waals surface area (Å²) in [6.07, 6.45) is 4.08. The van der Waals surface area contributed by atoms with Crippen molar-refractivity contribution in [3.8, 4) is 29.1 Å². The molecule has 8 heteroatoms. The van der Waals surface area contributed by atoms with Crippen LogP contribution in [0.25, 0.3) is 11.1 Å². The van der Waals surface area contributed by atoms with Crippen molar-refractivity contribution in [3.05, 3.63) is 107 Å². The third-order valence-electron chi connectivity index (χ3n) is 5.69. The van der Waals surface area contributed by atoms with Gasteiger partial charge in [0.05, 0.1) is 29.4 Å². The van der Waals surface area contributed by atoms with E-state index in [0.29, 0.717) is 35.7 Å². The standard InChI is InChI=1S/C23H19ClN6O.C6H6/c24-22-20(11-26)19(6-8-28-22)17-9-21-23(30-12-17)31-18(14-29-21)13-27-7-5-15-1-3-16(10-25)4-2-15;1-2-4-6-5-3-1/h1-4,6,8-9,12,18,27,29H,5,7,13-14H2;1-6H. The zero-order valence-electron chi connectivity index (χ0n) is 20.1. The number of nitriles is 2. The van der Waals surface area contributed by atoms with Crippen LogP contribution >= 0.6 is 11.6 Å². The molecule has 0 aliphatic carbocycles. The van der Waals surface area contributed by atoms with E-state index in [2.05, 4.69) is 32.7 Å². The second-order valence-corrected chi connectivity index (χ2v) is 8.61. The Morgan fingerprint density at radius 1 is 1.00 bits per heavy atom. The fourth-order valence-electron chi connectivity index (χ4n) is 3.77. The van der Waals surface area contributed by atoms with Crippen LogP contribution in [-0.2, 0) is 6.42 Å². The summed E-state index contributed by atoms with van der Waals surface area (Å²) in [5, 5.41) is 25.2. The molecule has 2 aromatic heterocycles. The molecule has 0 fully saturated rings. The van der Waals surface area contributed by atoms with E-state index in [4.69, 9.17) is 21.6 Å². The van der Waals surface area contributed by atoms with Crippen molar-refractivity contribution >= 4 is 17.3 Å². The molecule has 1 unspecified atom stereocenters. The zero-order chi connectivity index (χ0) is 25.9. The SMILES string of the molecule is N#Cc1ccc(CCNCC2CNc3cc(-c4ccnc(Cl)c4C#N)cnc3O2)cc1.c1ccccc1. The highest BCUT2D eigenvalue weighted by Crippen LogP contribution is 2.33. The van der Waals surface area contributed by atoms with E-state index in [1.165, 1.54) is 5.56 Å². The van der Waals surface area contributed by atoms with Gasteiger partial charge in [-0.05, 0) is 42.8 Å². The zero-order valence-corrected chi connectivity index (χ0v) is 20.8. The van der Waals surface area contributed by atoms with Gasteiger partial charge in [0.25, 0.3) is 0 Å². The minimum absolute atomic E-state index is 0.0446. The topological polar surface area (TPSA) is 107 Å². The summed E-state index contributed by atoms with van der Waals surface area (Å²) < 4.78 is 6.01. The number of rotatable bonds is 6. The number of benzene rings is 2. The molecule has 0 saturated heterocycles. The minimum Gasteiger partial charge on any atom is -0.470 e. The molecule has 5 rings (SSSR count). The normalized spacial score (nSPS) is 13.4. The van der Waals surface area contributed by atoms with Gasteiger partial charge in [0, 0.05) is 30.1 Å². The lowest BCUT2D eigenvalue weighted by Crippen LogP contribution is -2.40. The molecule has 0 amide bonds. The van der Waals surface area contributed by atoms with Gasteiger partial charge in [0.15, 0.2) is 0 Å². The number of nitrogens with one attached hydrogen (secondary N) is 2. The summed E-state index contributed by atoms with van der Waals surface area (Å²) in [5.74, 6) is 0.535. The molecule has 4 aromatic rings. The Balaban J connectivity index is 0.000000469. The maximum absolute atomic E-state index is 9.38. The smallest absolute Gasteiger partial charge is 0.237 e. The van der Waals surface area contributed by atoms with Gasteiger partial charge in [-0.3, -0.25) is 0 Å². The Hall–Kier alpha value is -4.43. The first-order valence-corrected chi connectivity index (χ1v) is 12.2. The Bertz CT molecular complexity index is 1370.